The molecule has 0 radical (unpaired) electrons. The van der Waals surface area contributed by atoms with Gasteiger partial charge in [0.15, 0.2) is 0 Å². The van der Waals surface area contributed by atoms with Gasteiger partial charge in [-0.2, -0.15) is 0 Å². The summed E-state index contributed by atoms with van der Waals surface area (Å²) in [5, 5.41) is 0. The summed E-state index contributed by atoms with van der Waals surface area (Å²) in [6.07, 6.45) is 3.57. The molecule has 0 amide bonds. The van der Waals surface area contributed by atoms with Crippen LogP contribution >= 0.6 is 0 Å². The molecule has 88 valence electrons. The predicted molar refractivity (Wildman–Crippen MR) is 57.9 cm³/mol. The number of nitrogens with zero attached hydrogens (tertiary/aromatic N) is 2. The topological polar surface area (TPSA) is 25.8 Å². The van der Waals surface area contributed by atoms with Crippen LogP contribution < -0.4 is 34.0 Å². The summed E-state index contributed by atoms with van der Waals surface area (Å²) in [7, 11) is 0. The second-order valence-electron chi connectivity index (χ2n) is 2.94. The van der Waals surface area contributed by atoms with Crippen LogP contribution in [0.15, 0.2) is 48.8 Å². The van der Waals surface area contributed by atoms with Gasteiger partial charge in [0.25, 0.3) is 0 Å². The van der Waals surface area contributed by atoms with Crippen molar-refractivity contribution in [2.24, 2.45) is 0 Å². The number of halogens is 2. The summed E-state index contributed by atoms with van der Waals surface area (Å²) in [5.41, 5.74) is 2.14. The minimum absolute atomic E-state index is 0. The summed E-state index contributed by atoms with van der Waals surface area (Å²) in [6.45, 7) is 3.94. The van der Waals surface area contributed by atoms with Crippen molar-refractivity contribution in [2.75, 3.05) is 0 Å². The van der Waals surface area contributed by atoms with Crippen LogP contribution in [-0.4, -0.2) is 9.97 Å². The fraction of sp³-hybridized carbons (Fsp3) is 0.167. The van der Waals surface area contributed by atoms with Gasteiger partial charge in [-0.3, -0.25) is 9.97 Å². The van der Waals surface area contributed by atoms with Crippen molar-refractivity contribution < 1.29 is 53.4 Å². The smallest absolute Gasteiger partial charge is 1.00 e. The van der Waals surface area contributed by atoms with Gasteiger partial charge in [0.05, 0.1) is 0 Å². The molecule has 17 heavy (non-hydrogen) atoms. The van der Waals surface area contributed by atoms with E-state index in [9.17, 15) is 0 Å². The molecule has 0 saturated carbocycles. The van der Waals surface area contributed by atoms with Crippen LogP contribution in [0.3, 0.4) is 0 Å². The molecule has 2 nitrogen and oxygen atoms in total. The van der Waals surface area contributed by atoms with Gasteiger partial charge in [0, 0.05) is 23.8 Å². The maximum Gasteiger partial charge on any atom is 2.00 e. The molecule has 0 aliphatic carbocycles. The van der Waals surface area contributed by atoms with Gasteiger partial charge < -0.3 is 34.0 Å². The molecule has 0 aliphatic rings. The summed E-state index contributed by atoms with van der Waals surface area (Å²) in [6, 6.07) is 11.7. The molecule has 0 saturated heterocycles. The number of hydrogen-bond acceptors (Lipinski definition) is 2. The van der Waals surface area contributed by atoms with Crippen molar-refractivity contribution in [1.82, 2.24) is 9.97 Å². The average molecular weight is 411 g/mol. The zero-order valence-corrected chi connectivity index (χ0v) is 16.1. The van der Waals surface area contributed by atoms with Crippen molar-refractivity contribution >= 4 is 0 Å². The Morgan fingerprint density at radius 2 is 1.06 bits per heavy atom. The van der Waals surface area contributed by atoms with Crippen LogP contribution in [0, 0.1) is 13.8 Å². The second kappa shape index (κ2) is 13.9. The minimum Gasteiger partial charge on any atom is -1.00 e. The van der Waals surface area contributed by atoms with Gasteiger partial charge in [-0.25, -0.2) is 0 Å². The Hall–Kier alpha value is -0.117. The third-order valence-corrected chi connectivity index (χ3v) is 1.63. The molecule has 2 aromatic heterocycles. The molecule has 2 rings (SSSR count). The van der Waals surface area contributed by atoms with Crippen molar-refractivity contribution in [2.45, 2.75) is 13.8 Å². The van der Waals surface area contributed by atoms with Gasteiger partial charge >= 0.3 is 19.5 Å². The quantitative estimate of drug-likeness (QED) is 0.427. The summed E-state index contributed by atoms with van der Waals surface area (Å²) < 4.78 is 0. The van der Waals surface area contributed by atoms with E-state index in [2.05, 4.69) is 9.97 Å². The summed E-state index contributed by atoms with van der Waals surface area (Å²) in [5.74, 6) is 0. The summed E-state index contributed by atoms with van der Waals surface area (Å²) >= 11 is 0. The molecule has 0 atom stereocenters. The average Bonchev–Trinajstić information content (AvgIpc) is 2.21. The zero-order chi connectivity index (χ0) is 10.2. The molecule has 0 bridgehead atoms. The van der Waals surface area contributed by atoms with E-state index >= 15 is 0 Å². The van der Waals surface area contributed by atoms with Crippen LogP contribution in [0.5, 0.6) is 0 Å². The monoisotopic (exact) mass is 408 g/mol. The number of aromatic nitrogens is 2. The van der Waals surface area contributed by atoms with Gasteiger partial charge in [-0.1, -0.05) is 12.1 Å². The van der Waals surface area contributed by atoms with Crippen LogP contribution in [-0.2, 0) is 19.5 Å². The van der Waals surface area contributed by atoms with E-state index in [1.165, 1.54) is 0 Å². The molecule has 5 heteroatoms. The first-order chi connectivity index (χ1) is 6.79. The number of rotatable bonds is 0. The Morgan fingerprint density at radius 3 is 1.18 bits per heavy atom. The van der Waals surface area contributed by atoms with Gasteiger partial charge in [0.2, 0.25) is 0 Å². The first kappa shape index (κ1) is 22.1. The first-order valence-corrected chi connectivity index (χ1v) is 4.54. The molecule has 0 fully saturated rings. The van der Waals surface area contributed by atoms with Crippen molar-refractivity contribution in [3.8, 4) is 0 Å². The van der Waals surface area contributed by atoms with Crippen LogP contribution in [0.1, 0.15) is 11.4 Å². The molecule has 2 heterocycles. The van der Waals surface area contributed by atoms with Crippen molar-refractivity contribution in [1.29, 1.82) is 0 Å². The maximum atomic E-state index is 3.98. The molecular formula is C12H14Br2N2Zn. The molecule has 0 aromatic carbocycles. The standard InChI is InChI=1S/2C6H7N.2BrH.Zn/c2*1-6-4-2-3-5-7-6;;;/h2*2-5H,1H3;2*1H;/q;;;;+2/p-2. The van der Waals surface area contributed by atoms with E-state index in [1.807, 2.05) is 50.2 Å². The van der Waals surface area contributed by atoms with Gasteiger partial charge in [-0.05, 0) is 38.1 Å². The number of aryl methyl sites for hydroxylation is 2. The third-order valence-electron chi connectivity index (χ3n) is 1.63. The van der Waals surface area contributed by atoms with E-state index < -0.39 is 0 Å². The number of hydrogen-bond donors (Lipinski definition) is 0. The maximum absolute atomic E-state index is 3.98. The van der Waals surface area contributed by atoms with Gasteiger partial charge in [-0.15, -0.1) is 0 Å². The van der Waals surface area contributed by atoms with E-state index in [1.54, 1.807) is 12.4 Å². The second-order valence-corrected chi connectivity index (χ2v) is 2.94. The van der Waals surface area contributed by atoms with E-state index in [0.29, 0.717) is 0 Å². The van der Waals surface area contributed by atoms with E-state index in [0.717, 1.165) is 11.4 Å². The van der Waals surface area contributed by atoms with Crippen molar-refractivity contribution in [3.63, 3.8) is 0 Å². The Kier molecular flexibility index (Phi) is 18.1. The first-order valence-electron chi connectivity index (χ1n) is 4.54. The predicted octanol–water partition coefficient (Wildman–Crippen LogP) is -3.21. The van der Waals surface area contributed by atoms with Crippen LogP contribution in [0.25, 0.3) is 0 Å². The fourth-order valence-electron chi connectivity index (χ4n) is 0.896. The van der Waals surface area contributed by atoms with Crippen molar-refractivity contribution in [3.05, 3.63) is 60.2 Å². The SMILES string of the molecule is Cc1ccccn1.Cc1ccccn1.[Br-].[Br-].[Zn+2]. The molecule has 0 spiro atoms. The Labute approximate surface area is 137 Å². The summed E-state index contributed by atoms with van der Waals surface area (Å²) in [4.78, 5) is 7.96. The van der Waals surface area contributed by atoms with Gasteiger partial charge in [0.1, 0.15) is 0 Å². The minimum atomic E-state index is 0. The molecule has 2 aromatic rings. The fourth-order valence-corrected chi connectivity index (χ4v) is 0.896. The van der Waals surface area contributed by atoms with Crippen LogP contribution in [0.2, 0.25) is 0 Å². The van der Waals surface area contributed by atoms with E-state index in [-0.39, 0.29) is 53.4 Å². The molecule has 0 N–H and O–H groups in total. The Balaban J connectivity index is -0.000000196. The van der Waals surface area contributed by atoms with E-state index in [4.69, 9.17) is 0 Å². The molecule has 0 unspecified atom stereocenters. The molecular weight excluding hydrogens is 397 g/mol. The Morgan fingerprint density at radius 1 is 0.706 bits per heavy atom. The largest absolute Gasteiger partial charge is 2.00 e. The van der Waals surface area contributed by atoms with Crippen LogP contribution in [0.4, 0.5) is 0 Å². The Bertz CT molecular complexity index is 320. The number of pyridine rings is 2. The normalized spacial score (nSPS) is 7.18. The third kappa shape index (κ3) is 12.1. The molecule has 0 aliphatic heterocycles. The zero-order valence-electron chi connectivity index (χ0n) is 9.98.